The first-order valence-electron chi connectivity index (χ1n) is 4.94. The highest BCUT2D eigenvalue weighted by atomic mass is 31.2. The zero-order valence-corrected chi connectivity index (χ0v) is 11.1. The minimum atomic E-state index is -4.23. The van der Waals surface area contributed by atoms with Gasteiger partial charge in [0.05, 0.1) is 27.7 Å². The zero-order valence-electron chi connectivity index (χ0n) is 10.2. The van der Waals surface area contributed by atoms with Crippen molar-refractivity contribution in [3.8, 4) is 0 Å². The fourth-order valence-corrected chi connectivity index (χ4v) is 1.45. The molecule has 0 aromatic heterocycles. The van der Waals surface area contributed by atoms with E-state index in [1.807, 2.05) is 21.1 Å². The first-order chi connectivity index (χ1) is 7.53. The molecule has 17 heavy (non-hydrogen) atoms. The number of nitrogens with two attached hydrogens (primary N) is 1. The minimum Gasteiger partial charge on any atom is -0.480 e. The highest BCUT2D eigenvalue weighted by Crippen LogP contribution is 2.42. The number of carboxylic acids is 1. The molecule has 0 saturated heterocycles. The third-order valence-electron chi connectivity index (χ3n) is 1.75. The molecule has 4 N–H and O–H groups in total. The van der Waals surface area contributed by atoms with Gasteiger partial charge < -0.3 is 20.2 Å². The average molecular weight is 271 g/mol. The van der Waals surface area contributed by atoms with Crippen molar-refractivity contribution in [3.05, 3.63) is 0 Å². The highest BCUT2D eigenvalue weighted by Gasteiger charge is 2.25. The van der Waals surface area contributed by atoms with Crippen molar-refractivity contribution in [2.24, 2.45) is 5.73 Å². The van der Waals surface area contributed by atoms with Crippen LogP contribution in [0.4, 0.5) is 0 Å². The molecule has 0 fully saturated rings. The lowest BCUT2D eigenvalue weighted by Gasteiger charge is -2.24. The Morgan fingerprint density at radius 2 is 1.94 bits per heavy atom. The molecule has 0 spiro atoms. The number of phosphoric ester groups is 1. The van der Waals surface area contributed by atoms with Crippen molar-refractivity contribution < 1.29 is 32.9 Å². The van der Waals surface area contributed by atoms with E-state index in [1.165, 1.54) is 0 Å². The zero-order chi connectivity index (χ0) is 13.7. The molecule has 0 amide bonds. The van der Waals surface area contributed by atoms with Crippen LogP contribution in [-0.2, 0) is 18.4 Å². The minimum absolute atomic E-state index is 0.0274. The summed E-state index contributed by atoms with van der Waals surface area (Å²) in [6.07, 6.45) is 0. The van der Waals surface area contributed by atoms with Gasteiger partial charge in [-0.1, -0.05) is 0 Å². The Morgan fingerprint density at radius 1 is 1.41 bits per heavy atom. The van der Waals surface area contributed by atoms with Gasteiger partial charge in [-0.05, 0) is 0 Å². The van der Waals surface area contributed by atoms with Crippen LogP contribution in [0.2, 0.25) is 0 Å². The van der Waals surface area contributed by atoms with E-state index in [4.69, 9.17) is 10.8 Å². The van der Waals surface area contributed by atoms with E-state index in [-0.39, 0.29) is 6.61 Å². The number of rotatable bonds is 8. The lowest BCUT2D eigenvalue weighted by Crippen LogP contribution is -2.37. The van der Waals surface area contributed by atoms with E-state index < -0.39 is 26.4 Å². The number of hydrogen-bond acceptors (Lipinski definition) is 5. The van der Waals surface area contributed by atoms with Gasteiger partial charge in [0.1, 0.15) is 19.2 Å². The van der Waals surface area contributed by atoms with Crippen molar-refractivity contribution in [1.82, 2.24) is 0 Å². The average Bonchev–Trinajstić information content (AvgIpc) is 2.11. The van der Waals surface area contributed by atoms with Crippen molar-refractivity contribution in [1.29, 1.82) is 0 Å². The number of likely N-dealkylation sites (N-methyl/N-ethyl adjacent to an activating group) is 1. The molecule has 0 saturated carbocycles. The summed E-state index contributed by atoms with van der Waals surface area (Å²) in [7, 11) is 1.46. The Labute approximate surface area is 100 Å². The predicted molar refractivity (Wildman–Crippen MR) is 60.2 cm³/mol. The molecule has 0 aliphatic carbocycles. The SMILES string of the molecule is C[N+](C)(C)CCOP(=O)(O)OC[C@H](N)C(=O)O. The van der Waals surface area contributed by atoms with Crippen LogP contribution in [0.25, 0.3) is 0 Å². The molecular formula is C8H20N2O6P+. The van der Waals surface area contributed by atoms with Crippen LogP contribution in [-0.4, -0.2) is 67.4 Å². The number of aliphatic carboxylic acids is 1. The summed E-state index contributed by atoms with van der Waals surface area (Å²) in [6.45, 7) is -0.0357. The monoisotopic (exact) mass is 271 g/mol. The molecule has 0 bridgehead atoms. The smallest absolute Gasteiger partial charge is 0.472 e. The van der Waals surface area contributed by atoms with Gasteiger partial charge in [0.25, 0.3) is 0 Å². The molecule has 9 heteroatoms. The van der Waals surface area contributed by atoms with E-state index in [9.17, 15) is 14.3 Å². The van der Waals surface area contributed by atoms with Crippen molar-refractivity contribution in [2.75, 3.05) is 40.9 Å². The summed E-state index contributed by atoms with van der Waals surface area (Å²) in [5.41, 5.74) is 5.11. The van der Waals surface area contributed by atoms with Crippen LogP contribution in [0.3, 0.4) is 0 Å². The van der Waals surface area contributed by atoms with Gasteiger partial charge in [0.2, 0.25) is 0 Å². The van der Waals surface area contributed by atoms with E-state index in [0.717, 1.165) is 0 Å². The lowest BCUT2D eigenvalue weighted by atomic mass is 10.3. The summed E-state index contributed by atoms with van der Waals surface area (Å²) in [5, 5.41) is 8.44. The standard InChI is InChI=1S/C8H19N2O6P/c1-10(2,3)4-5-15-17(13,14)16-6-7(9)8(11)12/h7H,4-6,9H2,1-3H3,(H-,11,12,13,14)/p+1/t7-/m0/s1. The number of phosphoric acid groups is 1. The van der Waals surface area contributed by atoms with Gasteiger partial charge in [-0.2, -0.15) is 0 Å². The number of carboxylic acid groups (broad SMARTS) is 1. The van der Waals surface area contributed by atoms with Gasteiger partial charge in [-0.25, -0.2) is 4.57 Å². The van der Waals surface area contributed by atoms with Crippen LogP contribution in [0.1, 0.15) is 0 Å². The normalized spacial score (nSPS) is 17.5. The summed E-state index contributed by atoms with van der Waals surface area (Å²) < 4.78 is 21.0. The summed E-state index contributed by atoms with van der Waals surface area (Å²) >= 11 is 0. The molecule has 1 unspecified atom stereocenters. The van der Waals surface area contributed by atoms with Gasteiger partial charge in [-0.3, -0.25) is 13.8 Å². The Hall–Kier alpha value is -0.500. The first-order valence-corrected chi connectivity index (χ1v) is 6.44. The van der Waals surface area contributed by atoms with E-state index in [0.29, 0.717) is 11.0 Å². The Balaban J connectivity index is 3.96. The van der Waals surface area contributed by atoms with Gasteiger partial charge >= 0.3 is 13.8 Å². The number of nitrogens with zero attached hydrogens (tertiary/aromatic N) is 1. The third-order valence-corrected chi connectivity index (χ3v) is 2.74. The summed E-state index contributed by atoms with van der Waals surface area (Å²) in [6, 6.07) is -1.35. The second-order valence-electron chi connectivity index (χ2n) is 4.56. The van der Waals surface area contributed by atoms with Crippen LogP contribution in [0, 0.1) is 0 Å². The van der Waals surface area contributed by atoms with Crippen LogP contribution in [0.15, 0.2) is 0 Å². The van der Waals surface area contributed by atoms with Crippen LogP contribution in [0.5, 0.6) is 0 Å². The molecule has 0 aliphatic heterocycles. The molecular weight excluding hydrogens is 251 g/mol. The molecule has 0 heterocycles. The van der Waals surface area contributed by atoms with E-state index in [1.54, 1.807) is 0 Å². The quantitative estimate of drug-likeness (QED) is 0.392. The molecule has 0 radical (unpaired) electrons. The lowest BCUT2D eigenvalue weighted by molar-refractivity contribution is -0.870. The molecule has 102 valence electrons. The Bertz CT molecular complexity index is 303. The second kappa shape index (κ2) is 6.44. The highest BCUT2D eigenvalue weighted by molar-refractivity contribution is 7.47. The van der Waals surface area contributed by atoms with Gasteiger partial charge in [0.15, 0.2) is 0 Å². The Kier molecular flexibility index (Phi) is 6.25. The fourth-order valence-electron chi connectivity index (χ4n) is 0.713. The second-order valence-corrected chi connectivity index (χ2v) is 6.01. The molecule has 0 aliphatic rings. The summed E-state index contributed by atoms with van der Waals surface area (Å²) in [4.78, 5) is 19.5. The van der Waals surface area contributed by atoms with E-state index in [2.05, 4.69) is 9.05 Å². The van der Waals surface area contributed by atoms with Crippen molar-refractivity contribution in [3.63, 3.8) is 0 Å². The first kappa shape index (κ1) is 16.5. The van der Waals surface area contributed by atoms with Gasteiger partial charge in [-0.15, -0.1) is 0 Å². The van der Waals surface area contributed by atoms with Crippen molar-refractivity contribution >= 4 is 13.8 Å². The number of carbonyl (C=O) groups is 1. The van der Waals surface area contributed by atoms with Gasteiger partial charge in [0, 0.05) is 0 Å². The largest absolute Gasteiger partial charge is 0.480 e. The molecule has 0 aromatic rings. The van der Waals surface area contributed by atoms with Crippen LogP contribution < -0.4 is 5.73 Å². The molecule has 2 atom stereocenters. The van der Waals surface area contributed by atoms with E-state index >= 15 is 0 Å². The fraction of sp³-hybridized carbons (Fsp3) is 0.875. The molecule has 0 rings (SSSR count). The predicted octanol–water partition coefficient (Wildman–Crippen LogP) is -0.762. The third kappa shape index (κ3) is 9.22. The molecule has 8 nitrogen and oxygen atoms in total. The maximum Gasteiger partial charge on any atom is 0.472 e. The number of hydrogen-bond donors (Lipinski definition) is 3. The number of quaternary nitrogens is 1. The topological polar surface area (TPSA) is 119 Å². The maximum absolute atomic E-state index is 11.3. The van der Waals surface area contributed by atoms with Crippen molar-refractivity contribution in [2.45, 2.75) is 6.04 Å². The summed E-state index contributed by atoms with van der Waals surface area (Å²) in [5.74, 6) is -1.31. The Morgan fingerprint density at radius 3 is 2.35 bits per heavy atom. The molecule has 0 aromatic carbocycles. The van der Waals surface area contributed by atoms with Crippen LogP contribution >= 0.6 is 7.82 Å². The maximum atomic E-state index is 11.3.